The van der Waals surface area contributed by atoms with E-state index in [9.17, 15) is 29.1 Å². The first kappa shape index (κ1) is 27.7. The fourth-order valence-electron chi connectivity index (χ4n) is 3.35. The number of hydrogen-bond donors (Lipinski definition) is 7. The molecule has 13 heteroatoms. The number of hydrogen-bond acceptors (Lipinski definition) is 7. The Hall–Kier alpha value is -3.58. The van der Waals surface area contributed by atoms with Gasteiger partial charge >= 0.3 is 5.97 Å². The van der Waals surface area contributed by atoms with Crippen LogP contribution < -0.4 is 27.4 Å². The molecule has 0 saturated carbocycles. The molecule has 0 aliphatic rings. The molecule has 0 radical (unpaired) electrons. The zero-order valence-electron chi connectivity index (χ0n) is 19.2. The van der Waals surface area contributed by atoms with Crippen molar-refractivity contribution in [3.8, 4) is 0 Å². The predicted molar refractivity (Wildman–Crippen MR) is 131 cm³/mol. The van der Waals surface area contributed by atoms with Gasteiger partial charge in [0.2, 0.25) is 23.6 Å². The highest BCUT2D eigenvalue weighted by atomic mass is 32.2. The maximum atomic E-state index is 12.9. The third kappa shape index (κ3) is 8.61. The van der Waals surface area contributed by atoms with E-state index < -0.39 is 54.3 Å². The lowest BCUT2D eigenvalue weighted by Gasteiger charge is -2.21. The predicted octanol–water partition coefficient (Wildman–Crippen LogP) is -1.16. The Morgan fingerprint density at radius 3 is 2.46 bits per heavy atom. The quantitative estimate of drug-likeness (QED) is 0.166. The van der Waals surface area contributed by atoms with E-state index in [4.69, 9.17) is 11.5 Å². The molecule has 0 fully saturated rings. The van der Waals surface area contributed by atoms with Crippen molar-refractivity contribution in [1.29, 1.82) is 0 Å². The lowest BCUT2D eigenvalue weighted by Crippen LogP contribution is -2.54. The van der Waals surface area contributed by atoms with Crippen LogP contribution >= 0.6 is 11.8 Å². The average molecular weight is 507 g/mol. The van der Waals surface area contributed by atoms with Crippen molar-refractivity contribution in [2.24, 2.45) is 11.5 Å². The summed E-state index contributed by atoms with van der Waals surface area (Å²) in [4.78, 5) is 62.9. The summed E-state index contributed by atoms with van der Waals surface area (Å²) in [5, 5.41) is 17.8. The van der Waals surface area contributed by atoms with Crippen LogP contribution in [0.5, 0.6) is 0 Å². The topological polar surface area (TPSA) is 209 Å². The van der Waals surface area contributed by atoms with Crippen LogP contribution in [0, 0.1) is 0 Å². The molecule has 9 N–H and O–H groups in total. The third-order valence-electron chi connectivity index (χ3n) is 5.16. The van der Waals surface area contributed by atoms with Crippen molar-refractivity contribution in [2.45, 2.75) is 37.4 Å². The summed E-state index contributed by atoms with van der Waals surface area (Å²) in [5.74, 6) is -3.52. The maximum Gasteiger partial charge on any atom is 0.326 e. The first-order chi connectivity index (χ1) is 16.6. The molecule has 0 aliphatic heterocycles. The van der Waals surface area contributed by atoms with E-state index in [-0.39, 0.29) is 19.3 Å². The van der Waals surface area contributed by atoms with Gasteiger partial charge in [0, 0.05) is 23.5 Å². The van der Waals surface area contributed by atoms with Crippen LogP contribution in [0.25, 0.3) is 10.9 Å². The second kappa shape index (κ2) is 13.3. The van der Waals surface area contributed by atoms with Crippen molar-refractivity contribution in [3.63, 3.8) is 0 Å². The number of benzene rings is 1. The fourth-order valence-corrected chi connectivity index (χ4v) is 3.82. The fraction of sp³-hybridized carbons (Fsp3) is 0.409. The van der Waals surface area contributed by atoms with Gasteiger partial charge in [-0.2, -0.15) is 11.8 Å². The number of aromatic amines is 1. The molecule has 0 spiro atoms. The smallest absolute Gasteiger partial charge is 0.326 e. The number of rotatable bonds is 14. The molecule has 0 aliphatic carbocycles. The first-order valence-electron chi connectivity index (χ1n) is 10.8. The van der Waals surface area contributed by atoms with Gasteiger partial charge in [-0.05, 0) is 30.1 Å². The van der Waals surface area contributed by atoms with E-state index in [1.165, 1.54) is 11.8 Å². The van der Waals surface area contributed by atoms with Crippen LogP contribution in [-0.4, -0.2) is 76.4 Å². The van der Waals surface area contributed by atoms with Crippen molar-refractivity contribution in [3.05, 3.63) is 36.0 Å². The Balaban J connectivity index is 2.01. The Labute approximate surface area is 205 Å². The highest BCUT2D eigenvalue weighted by Gasteiger charge is 2.27. The number of fused-ring (bicyclic) bond motifs is 1. The summed E-state index contributed by atoms with van der Waals surface area (Å²) in [5.41, 5.74) is 12.1. The van der Waals surface area contributed by atoms with Crippen molar-refractivity contribution in [2.75, 3.05) is 18.6 Å². The summed E-state index contributed by atoms with van der Waals surface area (Å²) < 4.78 is 0. The second-order valence-electron chi connectivity index (χ2n) is 7.86. The van der Waals surface area contributed by atoms with Gasteiger partial charge in [0.25, 0.3) is 0 Å². The molecule has 12 nitrogen and oxygen atoms in total. The van der Waals surface area contributed by atoms with Crippen molar-refractivity contribution in [1.82, 2.24) is 20.9 Å². The van der Waals surface area contributed by atoms with Crippen molar-refractivity contribution < 1.29 is 29.1 Å². The van der Waals surface area contributed by atoms with Crippen LogP contribution in [0.4, 0.5) is 0 Å². The number of aromatic nitrogens is 1. The van der Waals surface area contributed by atoms with Crippen LogP contribution in [0.2, 0.25) is 0 Å². The number of para-hydroxylation sites is 1. The normalized spacial score (nSPS) is 13.4. The minimum Gasteiger partial charge on any atom is -0.480 e. The highest BCUT2D eigenvalue weighted by molar-refractivity contribution is 7.98. The van der Waals surface area contributed by atoms with E-state index >= 15 is 0 Å². The maximum absolute atomic E-state index is 12.9. The molecule has 3 atom stereocenters. The molecule has 190 valence electrons. The molecule has 0 bridgehead atoms. The number of nitrogens with one attached hydrogen (secondary N) is 4. The molecule has 4 amide bonds. The average Bonchev–Trinajstić information content (AvgIpc) is 3.21. The standard InChI is InChI=1S/C22H30N6O6S/c1-35-7-6-16(27-19(30)11-26-20(31)14(23)9-18(24)29)21(32)28-17(22(33)34)8-12-10-25-15-5-3-2-4-13(12)15/h2-5,10,14,16-17,25H,6-9,11,23H2,1H3,(H2,24,29)(H,26,31)(H,27,30)(H,28,32)(H,33,34). The summed E-state index contributed by atoms with van der Waals surface area (Å²) in [6.07, 6.45) is 3.44. The van der Waals surface area contributed by atoms with Crippen LogP contribution in [0.3, 0.4) is 0 Å². The number of carboxylic acids is 1. The van der Waals surface area contributed by atoms with E-state index in [0.29, 0.717) is 5.75 Å². The SMILES string of the molecule is CSCCC(NC(=O)CNC(=O)C(N)CC(N)=O)C(=O)NC(Cc1c[nH]c2ccccc12)C(=O)O. The number of aliphatic carboxylic acids is 1. The summed E-state index contributed by atoms with van der Waals surface area (Å²) in [6, 6.07) is 3.97. The van der Waals surface area contributed by atoms with E-state index in [1.807, 2.05) is 30.5 Å². The van der Waals surface area contributed by atoms with Crippen LogP contribution in [0.15, 0.2) is 30.5 Å². The van der Waals surface area contributed by atoms with Gasteiger partial charge in [-0.25, -0.2) is 4.79 Å². The minimum atomic E-state index is -1.22. The van der Waals surface area contributed by atoms with Crippen molar-refractivity contribution >= 4 is 52.3 Å². The Bertz CT molecular complexity index is 1070. The van der Waals surface area contributed by atoms with E-state index in [2.05, 4.69) is 20.9 Å². The summed E-state index contributed by atoms with van der Waals surface area (Å²) in [7, 11) is 0. The third-order valence-corrected chi connectivity index (χ3v) is 5.80. The molecular weight excluding hydrogens is 476 g/mol. The number of H-pyrrole nitrogens is 1. The Kier molecular flexibility index (Phi) is 10.5. The van der Waals surface area contributed by atoms with Gasteiger partial charge < -0.3 is 37.5 Å². The highest BCUT2D eigenvalue weighted by Crippen LogP contribution is 2.19. The summed E-state index contributed by atoms with van der Waals surface area (Å²) >= 11 is 1.45. The van der Waals surface area contributed by atoms with E-state index in [0.717, 1.165) is 16.5 Å². The number of amides is 4. The number of primary amides is 1. The van der Waals surface area contributed by atoms with Gasteiger partial charge in [0.15, 0.2) is 0 Å². The molecule has 2 rings (SSSR count). The lowest BCUT2D eigenvalue weighted by molar-refractivity contribution is -0.142. The van der Waals surface area contributed by atoms with Gasteiger partial charge in [0.05, 0.1) is 19.0 Å². The number of thioether (sulfide) groups is 1. The van der Waals surface area contributed by atoms with Gasteiger partial charge in [-0.1, -0.05) is 18.2 Å². The monoisotopic (exact) mass is 506 g/mol. The molecule has 0 saturated heterocycles. The molecular formula is C22H30N6O6S. The lowest BCUT2D eigenvalue weighted by atomic mass is 10.0. The number of carbonyl (C=O) groups excluding carboxylic acids is 4. The van der Waals surface area contributed by atoms with Crippen LogP contribution in [-0.2, 0) is 30.4 Å². The Morgan fingerprint density at radius 1 is 1.09 bits per heavy atom. The zero-order valence-corrected chi connectivity index (χ0v) is 20.0. The molecule has 1 heterocycles. The number of carboxylic acid groups (broad SMARTS) is 1. The number of nitrogens with two attached hydrogens (primary N) is 2. The minimum absolute atomic E-state index is 0.0437. The zero-order chi connectivity index (χ0) is 26.0. The molecule has 35 heavy (non-hydrogen) atoms. The number of carbonyl (C=O) groups is 5. The van der Waals surface area contributed by atoms with Crippen LogP contribution in [0.1, 0.15) is 18.4 Å². The van der Waals surface area contributed by atoms with Gasteiger partial charge in [-0.15, -0.1) is 0 Å². The molecule has 1 aromatic carbocycles. The van der Waals surface area contributed by atoms with E-state index in [1.54, 1.807) is 6.20 Å². The first-order valence-corrected chi connectivity index (χ1v) is 12.2. The van der Waals surface area contributed by atoms with Gasteiger partial charge in [-0.3, -0.25) is 19.2 Å². The second-order valence-corrected chi connectivity index (χ2v) is 8.84. The largest absolute Gasteiger partial charge is 0.480 e. The van der Waals surface area contributed by atoms with Gasteiger partial charge in [0.1, 0.15) is 12.1 Å². The molecule has 3 unspecified atom stereocenters. The summed E-state index contributed by atoms with van der Waals surface area (Å²) in [6.45, 7) is -0.480. The molecule has 1 aromatic heterocycles. The molecule has 2 aromatic rings. The Morgan fingerprint density at radius 2 is 1.80 bits per heavy atom.